The monoisotopic (exact) mass is 347 g/mol. The van der Waals surface area contributed by atoms with Crippen molar-refractivity contribution >= 4 is 12.1 Å². The predicted octanol–water partition coefficient (Wildman–Crippen LogP) is 4.57. The van der Waals surface area contributed by atoms with E-state index < -0.39 is 5.60 Å². The van der Waals surface area contributed by atoms with Gasteiger partial charge in [-0.2, -0.15) is 0 Å². The van der Waals surface area contributed by atoms with Crippen molar-refractivity contribution in [3.8, 4) is 0 Å². The highest BCUT2D eigenvalue weighted by atomic mass is 16.6. The summed E-state index contributed by atoms with van der Waals surface area (Å²) in [5.74, 6) is 0.231. The number of benzene rings is 1. The zero-order valence-electron chi connectivity index (χ0n) is 15.9. The highest BCUT2D eigenvalue weighted by molar-refractivity contribution is 5.89. The first-order valence-corrected chi connectivity index (χ1v) is 8.93. The lowest BCUT2D eigenvalue weighted by molar-refractivity contribution is 0.00391. The van der Waals surface area contributed by atoms with Gasteiger partial charge in [-0.05, 0) is 57.2 Å². The van der Waals surface area contributed by atoms with Gasteiger partial charge >= 0.3 is 12.1 Å². The third-order valence-electron chi connectivity index (χ3n) is 4.63. The number of carbonyl (C=O) groups excluding carboxylic acids is 2. The van der Waals surface area contributed by atoms with E-state index in [1.165, 1.54) is 7.11 Å². The zero-order valence-corrected chi connectivity index (χ0v) is 15.9. The molecule has 1 amide bonds. The molecular formula is C20H29NO4. The van der Waals surface area contributed by atoms with Crippen LogP contribution in [0.4, 0.5) is 4.79 Å². The van der Waals surface area contributed by atoms with Crippen LogP contribution in [0, 0.1) is 5.92 Å². The number of carbonyl (C=O) groups is 2. The van der Waals surface area contributed by atoms with Crippen molar-refractivity contribution in [2.45, 2.75) is 58.6 Å². The second-order valence-corrected chi connectivity index (χ2v) is 7.60. The number of rotatable bonds is 3. The molecule has 5 nitrogen and oxygen atoms in total. The number of esters is 1. The smallest absolute Gasteiger partial charge is 0.410 e. The lowest BCUT2D eigenvalue weighted by Crippen LogP contribution is -2.43. The molecule has 1 fully saturated rings. The molecule has 0 saturated carbocycles. The van der Waals surface area contributed by atoms with E-state index in [1.54, 1.807) is 12.1 Å². The fraction of sp³-hybridized carbons (Fsp3) is 0.600. The van der Waals surface area contributed by atoms with Crippen molar-refractivity contribution in [2.24, 2.45) is 5.92 Å². The molecule has 1 heterocycles. The summed E-state index contributed by atoms with van der Waals surface area (Å²) in [6.07, 6.45) is 2.72. The molecule has 2 rings (SSSR count). The van der Waals surface area contributed by atoms with E-state index in [-0.39, 0.29) is 18.1 Å². The number of piperidine rings is 1. The summed E-state index contributed by atoms with van der Waals surface area (Å²) in [5, 5.41) is 0. The standard InChI is InChI=1S/C20H29NO4/c1-6-14-11-12-21(19(23)25-20(2,3)4)17(13-14)15-7-9-16(10-8-15)18(22)24-5/h7-10,14,17H,6,11-13H2,1-5H3. The van der Waals surface area contributed by atoms with E-state index in [4.69, 9.17) is 9.47 Å². The van der Waals surface area contributed by atoms with Gasteiger partial charge in [0.25, 0.3) is 0 Å². The minimum Gasteiger partial charge on any atom is -0.465 e. The fourth-order valence-electron chi connectivity index (χ4n) is 3.22. The molecule has 0 aromatic heterocycles. The van der Waals surface area contributed by atoms with Crippen LogP contribution in [-0.4, -0.2) is 36.2 Å². The second-order valence-electron chi connectivity index (χ2n) is 7.60. The van der Waals surface area contributed by atoms with E-state index in [0.29, 0.717) is 18.0 Å². The van der Waals surface area contributed by atoms with E-state index in [9.17, 15) is 9.59 Å². The van der Waals surface area contributed by atoms with Gasteiger partial charge in [0.05, 0.1) is 18.7 Å². The average molecular weight is 347 g/mol. The largest absolute Gasteiger partial charge is 0.465 e. The number of ether oxygens (including phenoxy) is 2. The minimum absolute atomic E-state index is 0.0275. The number of methoxy groups -OCH3 is 1. The molecule has 1 aliphatic heterocycles. The summed E-state index contributed by atoms with van der Waals surface area (Å²) in [6, 6.07) is 7.30. The number of hydrogen-bond acceptors (Lipinski definition) is 4. The first-order valence-electron chi connectivity index (χ1n) is 8.93. The van der Waals surface area contributed by atoms with Gasteiger partial charge in [0.1, 0.15) is 5.60 Å². The van der Waals surface area contributed by atoms with Crippen LogP contribution < -0.4 is 0 Å². The first-order chi connectivity index (χ1) is 11.7. The Balaban J connectivity index is 2.24. The topological polar surface area (TPSA) is 55.8 Å². The molecule has 138 valence electrons. The van der Waals surface area contributed by atoms with Gasteiger partial charge in [-0.25, -0.2) is 9.59 Å². The van der Waals surface area contributed by atoms with Crippen molar-refractivity contribution in [3.05, 3.63) is 35.4 Å². The van der Waals surface area contributed by atoms with Crippen LogP contribution in [0.15, 0.2) is 24.3 Å². The molecule has 0 spiro atoms. The van der Waals surface area contributed by atoms with Crippen molar-refractivity contribution in [2.75, 3.05) is 13.7 Å². The lowest BCUT2D eigenvalue weighted by Gasteiger charge is -2.40. The van der Waals surface area contributed by atoms with Crippen LogP contribution in [0.1, 0.15) is 68.9 Å². The zero-order chi connectivity index (χ0) is 18.6. The molecule has 0 radical (unpaired) electrons. The molecule has 2 unspecified atom stereocenters. The average Bonchev–Trinajstić information content (AvgIpc) is 2.59. The fourth-order valence-corrected chi connectivity index (χ4v) is 3.22. The van der Waals surface area contributed by atoms with Crippen molar-refractivity contribution < 1.29 is 19.1 Å². The van der Waals surface area contributed by atoms with E-state index in [1.807, 2.05) is 37.8 Å². The number of hydrogen-bond donors (Lipinski definition) is 0. The number of amides is 1. The summed E-state index contributed by atoms with van der Waals surface area (Å²) in [6.45, 7) is 8.51. The Morgan fingerprint density at radius 1 is 1.20 bits per heavy atom. The third-order valence-corrected chi connectivity index (χ3v) is 4.63. The first kappa shape index (κ1) is 19.3. The molecule has 1 aromatic carbocycles. The van der Waals surface area contributed by atoms with Gasteiger partial charge in [-0.1, -0.05) is 25.5 Å². The molecule has 1 aromatic rings. The molecule has 0 N–H and O–H groups in total. The molecule has 2 atom stereocenters. The Hall–Kier alpha value is -2.04. The Morgan fingerprint density at radius 3 is 2.36 bits per heavy atom. The van der Waals surface area contributed by atoms with Crippen LogP contribution in [0.2, 0.25) is 0 Å². The van der Waals surface area contributed by atoms with Crippen molar-refractivity contribution in [1.82, 2.24) is 4.90 Å². The highest BCUT2D eigenvalue weighted by Crippen LogP contribution is 2.36. The summed E-state index contributed by atoms with van der Waals surface area (Å²) in [7, 11) is 1.37. The SMILES string of the molecule is CCC1CCN(C(=O)OC(C)(C)C)C(c2ccc(C(=O)OC)cc2)C1. The molecule has 0 aliphatic carbocycles. The summed E-state index contributed by atoms with van der Waals surface area (Å²) in [4.78, 5) is 26.1. The van der Waals surface area contributed by atoms with Gasteiger partial charge < -0.3 is 14.4 Å². The van der Waals surface area contributed by atoms with E-state index >= 15 is 0 Å². The van der Waals surface area contributed by atoms with Crippen LogP contribution in [0.5, 0.6) is 0 Å². The maximum atomic E-state index is 12.6. The molecule has 1 saturated heterocycles. The quantitative estimate of drug-likeness (QED) is 0.752. The Labute approximate surface area is 150 Å². The van der Waals surface area contributed by atoms with Crippen LogP contribution in [-0.2, 0) is 9.47 Å². The normalized spacial score (nSPS) is 20.9. The Bertz CT molecular complexity index is 603. The third kappa shape index (κ3) is 4.97. The van der Waals surface area contributed by atoms with Gasteiger partial charge in [-0.3, -0.25) is 0 Å². The molecule has 25 heavy (non-hydrogen) atoms. The predicted molar refractivity (Wildman–Crippen MR) is 96.5 cm³/mol. The molecule has 0 bridgehead atoms. The van der Waals surface area contributed by atoms with E-state index in [2.05, 4.69) is 6.92 Å². The van der Waals surface area contributed by atoms with Gasteiger partial charge in [-0.15, -0.1) is 0 Å². The Morgan fingerprint density at radius 2 is 1.84 bits per heavy atom. The van der Waals surface area contributed by atoms with Crippen LogP contribution in [0.3, 0.4) is 0 Å². The summed E-state index contributed by atoms with van der Waals surface area (Å²) < 4.78 is 10.3. The van der Waals surface area contributed by atoms with Crippen molar-refractivity contribution in [3.63, 3.8) is 0 Å². The summed E-state index contributed by atoms with van der Waals surface area (Å²) in [5.41, 5.74) is 1.02. The maximum absolute atomic E-state index is 12.6. The summed E-state index contributed by atoms with van der Waals surface area (Å²) >= 11 is 0. The minimum atomic E-state index is -0.516. The highest BCUT2D eigenvalue weighted by Gasteiger charge is 2.34. The van der Waals surface area contributed by atoms with Gasteiger partial charge in [0.15, 0.2) is 0 Å². The van der Waals surface area contributed by atoms with Crippen molar-refractivity contribution in [1.29, 1.82) is 0 Å². The van der Waals surface area contributed by atoms with E-state index in [0.717, 1.165) is 24.8 Å². The number of nitrogens with zero attached hydrogens (tertiary/aromatic N) is 1. The Kier molecular flexibility index (Phi) is 6.09. The molecule has 1 aliphatic rings. The number of likely N-dealkylation sites (tertiary alicyclic amines) is 1. The van der Waals surface area contributed by atoms with Gasteiger partial charge in [0, 0.05) is 6.54 Å². The second kappa shape index (κ2) is 7.89. The van der Waals surface area contributed by atoms with Crippen LogP contribution >= 0.6 is 0 Å². The lowest BCUT2D eigenvalue weighted by atomic mass is 9.85. The maximum Gasteiger partial charge on any atom is 0.410 e. The molecular weight excluding hydrogens is 318 g/mol. The molecule has 5 heteroatoms. The van der Waals surface area contributed by atoms with Crippen LogP contribution in [0.25, 0.3) is 0 Å². The van der Waals surface area contributed by atoms with Gasteiger partial charge in [0.2, 0.25) is 0 Å².